The van der Waals surface area contributed by atoms with Crippen LogP contribution in [-0.2, 0) is 16.4 Å². The molecule has 18 heavy (non-hydrogen) atoms. The average molecular weight is 267 g/mol. The number of anilines is 1. The highest BCUT2D eigenvalue weighted by atomic mass is 32.2. The Morgan fingerprint density at radius 3 is 2.83 bits per heavy atom. The summed E-state index contributed by atoms with van der Waals surface area (Å²) in [6, 6.07) is 7.11. The molecule has 0 spiro atoms. The summed E-state index contributed by atoms with van der Waals surface area (Å²) in [7, 11) is -3.05. The minimum Gasteiger partial charge on any atom is -0.399 e. The molecule has 0 saturated carbocycles. The van der Waals surface area contributed by atoms with Crippen LogP contribution in [0.1, 0.15) is 0 Å². The highest BCUT2D eigenvalue weighted by Crippen LogP contribution is 2.18. The Labute approximate surface area is 105 Å². The first kappa shape index (κ1) is 12.5. The first-order chi connectivity index (χ1) is 8.46. The summed E-state index contributed by atoms with van der Waals surface area (Å²) in [5, 5.41) is 11.2. The molecule has 7 nitrogen and oxygen atoms in total. The van der Waals surface area contributed by atoms with Gasteiger partial charge in [0.15, 0.2) is 5.82 Å². The summed E-state index contributed by atoms with van der Waals surface area (Å²) in [6.45, 7) is 0.218. The number of sulfone groups is 1. The van der Waals surface area contributed by atoms with Crippen molar-refractivity contribution in [3.63, 3.8) is 0 Å². The van der Waals surface area contributed by atoms with E-state index in [1.807, 2.05) is 6.07 Å². The minimum absolute atomic E-state index is 0.00659. The van der Waals surface area contributed by atoms with Gasteiger partial charge in [0.25, 0.3) is 0 Å². The maximum Gasteiger partial charge on any atom is 0.182 e. The van der Waals surface area contributed by atoms with Gasteiger partial charge in [-0.1, -0.05) is 12.1 Å². The molecule has 0 aliphatic carbocycles. The van der Waals surface area contributed by atoms with E-state index in [1.165, 1.54) is 10.9 Å². The van der Waals surface area contributed by atoms with Gasteiger partial charge >= 0.3 is 0 Å². The van der Waals surface area contributed by atoms with Crippen LogP contribution in [-0.4, -0.2) is 40.6 Å². The lowest BCUT2D eigenvalue weighted by Gasteiger charge is -2.04. The van der Waals surface area contributed by atoms with E-state index in [-0.39, 0.29) is 12.3 Å². The van der Waals surface area contributed by atoms with Gasteiger partial charge in [-0.25, -0.2) is 13.1 Å². The van der Waals surface area contributed by atoms with Gasteiger partial charge in [-0.05, 0) is 22.6 Å². The number of nitrogens with two attached hydrogens (primary N) is 1. The molecule has 8 heteroatoms. The van der Waals surface area contributed by atoms with E-state index in [0.29, 0.717) is 11.5 Å². The van der Waals surface area contributed by atoms with Crippen molar-refractivity contribution in [2.24, 2.45) is 0 Å². The molecule has 0 radical (unpaired) electrons. The highest BCUT2D eigenvalue weighted by molar-refractivity contribution is 7.90. The molecule has 1 aromatic heterocycles. The van der Waals surface area contributed by atoms with Crippen molar-refractivity contribution in [3.8, 4) is 11.4 Å². The second-order valence-electron chi connectivity index (χ2n) is 3.98. The van der Waals surface area contributed by atoms with Gasteiger partial charge in [0.2, 0.25) is 0 Å². The summed E-state index contributed by atoms with van der Waals surface area (Å²) in [5.74, 6) is 0.499. The van der Waals surface area contributed by atoms with Gasteiger partial charge in [0.1, 0.15) is 9.84 Å². The van der Waals surface area contributed by atoms with Crippen molar-refractivity contribution >= 4 is 15.5 Å². The molecule has 1 aromatic carbocycles. The van der Waals surface area contributed by atoms with Gasteiger partial charge in [-0.15, -0.1) is 5.10 Å². The standard InChI is InChI=1S/C10H13N5O2S/c1-18(16,17)6-5-15-10(12-13-14-15)8-3-2-4-9(11)7-8/h2-4,7H,5-6,11H2,1H3. The van der Waals surface area contributed by atoms with Crippen molar-refractivity contribution in [2.75, 3.05) is 17.7 Å². The van der Waals surface area contributed by atoms with Crippen LogP contribution < -0.4 is 5.73 Å². The fourth-order valence-electron chi connectivity index (χ4n) is 1.49. The Bertz CT molecular complexity index is 650. The van der Waals surface area contributed by atoms with Crippen LogP contribution in [0.4, 0.5) is 5.69 Å². The fourth-order valence-corrected chi connectivity index (χ4v) is 2.00. The predicted octanol–water partition coefficient (Wildman–Crippen LogP) is -0.0331. The Morgan fingerprint density at radius 1 is 1.39 bits per heavy atom. The van der Waals surface area contributed by atoms with Crippen LogP contribution in [0.5, 0.6) is 0 Å². The highest BCUT2D eigenvalue weighted by Gasteiger charge is 2.11. The predicted molar refractivity (Wildman–Crippen MR) is 67.4 cm³/mol. The molecule has 96 valence electrons. The number of tetrazole rings is 1. The van der Waals surface area contributed by atoms with E-state index in [0.717, 1.165) is 5.56 Å². The van der Waals surface area contributed by atoms with Crippen LogP contribution in [0.25, 0.3) is 11.4 Å². The molecule has 0 atom stereocenters. The quantitative estimate of drug-likeness (QED) is 0.780. The minimum atomic E-state index is -3.05. The van der Waals surface area contributed by atoms with Crippen LogP contribution in [0, 0.1) is 0 Å². The molecule has 0 saturated heterocycles. The van der Waals surface area contributed by atoms with Crippen LogP contribution in [0.3, 0.4) is 0 Å². The molecule has 0 aliphatic rings. The molecule has 0 aliphatic heterocycles. The maximum absolute atomic E-state index is 11.1. The Kier molecular flexibility index (Phi) is 3.28. The van der Waals surface area contributed by atoms with Crippen molar-refractivity contribution in [1.29, 1.82) is 0 Å². The first-order valence-electron chi connectivity index (χ1n) is 5.25. The van der Waals surface area contributed by atoms with Crippen LogP contribution in [0.15, 0.2) is 24.3 Å². The first-order valence-corrected chi connectivity index (χ1v) is 7.31. The zero-order valence-corrected chi connectivity index (χ0v) is 10.6. The normalized spacial score (nSPS) is 11.6. The summed E-state index contributed by atoms with van der Waals surface area (Å²) in [4.78, 5) is 0. The lowest BCUT2D eigenvalue weighted by molar-refractivity contribution is 0.581. The number of nitrogens with zero attached hydrogens (tertiary/aromatic N) is 4. The van der Waals surface area contributed by atoms with Crippen LogP contribution >= 0.6 is 0 Å². The van der Waals surface area contributed by atoms with Crippen molar-refractivity contribution in [2.45, 2.75) is 6.54 Å². The van der Waals surface area contributed by atoms with Gasteiger partial charge in [0, 0.05) is 17.5 Å². The number of hydrogen-bond donors (Lipinski definition) is 1. The molecule has 0 bridgehead atoms. The summed E-state index contributed by atoms with van der Waals surface area (Å²) in [5.41, 5.74) is 7.04. The monoisotopic (exact) mass is 267 g/mol. The number of benzene rings is 1. The molecule has 2 rings (SSSR count). The Hall–Kier alpha value is -1.96. The molecule has 0 fully saturated rings. The Morgan fingerprint density at radius 2 is 2.17 bits per heavy atom. The second kappa shape index (κ2) is 4.73. The lowest BCUT2D eigenvalue weighted by Crippen LogP contribution is -2.13. The molecular formula is C10H13N5O2S. The number of hydrogen-bond acceptors (Lipinski definition) is 6. The fraction of sp³-hybridized carbons (Fsp3) is 0.300. The van der Waals surface area contributed by atoms with Crippen molar-refractivity contribution in [1.82, 2.24) is 20.2 Å². The van der Waals surface area contributed by atoms with E-state index in [9.17, 15) is 8.42 Å². The number of nitrogen functional groups attached to an aromatic ring is 1. The molecule has 0 unspecified atom stereocenters. The number of rotatable bonds is 4. The van der Waals surface area contributed by atoms with Gasteiger partial charge in [-0.3, -0.25) is 0 Å². The zero-order chi connectivity index (χ0) is 13.2. The van der Waals surface area contributed by atoms with Crippen LogP contribution in [0.2, 0.25) is 0 Å². The second-order valence-corrected chi connectivity index (χ2v) is 6.24. The van der Waals surface area contributed by atoms with Gasteiger partial charge in [-0.2, -0.15) is 0 Å². The molecule has 2 N–H and O–H groups in total. The SMILES string of the molecule is CS(=O)(=O)CCn1nnnc1-c1cccc(N)c1. The van der Waals surface area contributed by atoms with E-state index < -0.39 is 9.84 Å². The summed E-state index contributed by atoms with van der Waals surface area (Å²) < 4.78 is 23.7. The molecule has 2 aromatic rings. The topological polar surface area (TPSA) is 104 Å². The third kappa shape index (κ3) is 3.04. The van der Waals surface area contributed by atoms with Gasteiger partial charge in [0.05, 0.1) is 12.3 Å². The number of aromatic nitrogens is 4. The van der Waals surface area contributed by atoms with E-state index in [1.54, 1.807) is 18.2 Å². The van der Waals surface area contributed by atoms with Gasteiger partial charge < -0.3 is 5.73 Å². The lowest BCUT2D eigenvalue weighted by atomic mass is 10.2. The van der Waals surface area contributed by atoms with E-state index >= 15 is 0 Å². The van der Waals surface area contributed by atoms with E-state index in [4.69, 9.17) is 5.73 Å². The molecular weight excluding hydrogens is 254 g/mol. The van der Waals surface area contributed by atoms with Crippen molar-refractivity contribution < 1.29 is 8.42 Å². The average Bonchev–Trinajstić information content (AvgIpc) is 2.73. The smallest absolute Gasteiger partial charge is 0.182 e. The Balaban J connectivity index is 2.28. The molecule has 1 heterocycles. The third-order valence-electron chi connectivity index (χ3n) is 2.35. The zero-order valence-electron chi connectivity index (χ0n) is 9.81. The molecule has 0 amide bonds. The third-order valence-corrected chi connectivity index (χ3v) is 3.27. The number of aryl methyl sites for hydroxylation is 1. The largest absolute Gasteiger partial charge is 0.399 e. The van der Waals surface area contributed by atoms with E-state index in [2.05, 4.69) is 15.5 Å². The van der Waals surface area contributed by atoms with Crippen molar-refractivity contribution in [3.05, 3.63) is 24.3 Å². The summed E-state index contributed by atoms with van der Waals surface area (Å²) in [6.07, 6.45) is 1.18. The maximum atomic E-state index is 11.1. The summed E-state index contributed by atoms with van der Waals surface area (Å²) >= 11 is 0.